The van der Waals surface area contributed by atoms with Crippen LogP contribution in [0.3, 0.4) is 0 Å². The standard InChI is InChI=1S/C12H22N2O/c1-12(9-13-2)7-4-8-14(12)11(15)10-5-3-6-10/h10,13H,3-9H2,1-2H3. The van der Waals surface area contributed by atoms with Gasteiger partial charge in [0, 0.05) is 19.0 Å². The van der Waals surface area contributed by atoms with Crippen LogP contribution in [0.2, 0.25) is 0 Å². The molecule has 3 nitrogen and oxygen atoms in total. The third-order valence-electron chi connectivity index (χ3n) is 4.03. The minimum atomic E-state index is 0.0709. The minimum Gasteiger partial charge on any atom is -0.336 e. The molecule has 0 bridgehead atoms. The number of nitrogens with one attached hydrogen (secondary N) is 1. The molecular formula is C12H22N2O. The summed E-state index contributed by atoms with van der Waals surface area (Å²) in [6, 6.07) is 0. The Hall–Kier alpha value is -0.570. The molecule has 1 saturated carbocycles. The summed E-state index contributed by atoms with van der Waals surface area (Å²) in [5.74, 6) is 0.760. The molecule has 1 saturated heterocycles. The Labute approximate surface area is 92.2 Å². The topological polar surface area (TPSA) is 32.3 Å². The number of likely N-dealkylation sites (tertiary alicyclic amines) is 1. The van der Waals surface area contributed by atoms with Gasteiger partial charge in [-0.05, 0) is 39.7 Å². The first-order valence-corrected chi connectivity index (χ1v) is 6.13. The smallest absolute Gasteiger partial charge is 0.226 e. The molecule has 1 N–H and O–H groups in total. The van der Waals surface area contributed by atoms with Crippen LogP contribution in [0.4, 0.5) is 0 Å². The van der Waals surface area contributed by atoms with Gasteiger partial charge in [0.1, 0.15) is 0 Å². The summed E-state index contributed by atoms with van der Waals surface area (Å²) in [5.41, 5.74) is 0.0709. The molecule has 3 heteroatoms. The summed E-state index contributed by atoms with van der Waals surface area (Å²) in [5, 5.41) is 3.22. The number of carbonyl (C=O) groups is 1. The van der Waals surface area contributed by atoms with Crippen molar-refractivity contribution in [3.8, 4) is 0 Å². The van der Waals surface area contributed by atoms with Crippen LogP contribution in [-0.2, 0) is 4.79 Å². The van der Waals surface area contributed by atoms with E-state index in [1.165, 1.54) is 6.42 Å². The molecular weight excluding hydrogens is 188 g/mol. The minimum absolute atomic E-state index is 0.0709. The molecule has 15 heavy (non-hydrogen) atoms. The zero-order chi connectivity index (χ0) is 10.9. The van der Waals surface area contributed by atoms with Crippen molar-refractivity contribution in [1.29, 1.82) is 0 Å². The summed E-state index contributed by atoms with van der Waals surface area (Å²) in [6.07, 6.45) is 5.78. The number of likely N-dealkylation sites (N-methyl/N-ethyl adjacent to an activating group) is 1. The van der Waals surface area contributed by atoms with Gasteiger partial charge < -0.3 is 10.2 Å². The van der Waals surface area contributed by atoms with Gasteiger partial charge in [0.15, 0.2) is 0 Å². The molecule has 0 radical (unpaired) electrons. The molecule has 1 unspecified atom stereocenters. The molecule has 2 aliphatic rings. The lowest BCUT2D eigenvalue weighted by atomic mass is 9.83. The summed E-state index contributed by atoms with van der Waals surface area (Å²) in [7, 11) is 1.97. The predicted octanol–water partition coefficient (Wildman–Crippen LogP) is 1.39. The predicted molar refractivity (Wildman–Crippen MR) is 60.6 cm³/mol. The molecule has 0 aromatic carbocycles. The highest BCUT2D eigenvalue weighted by Crippen LogP contribution is 2.35. The van der Waals surface area contributed by atoms with Crippen LogP contribution in [0, 0.1) is 5.92 Å². The van der Waals surface area contributed by atoms with Crippen molar-refractivity contribution in [3.05, 3.63) is 0 Å². The SMILES string of the molecule is CNCC1(C)CCCN1C(=O)C1CCC1. The summed E-state index contributed by atoms with van der Waals surface area (Å²) < 4.78 is 0. The Morgan fingerprint density at radius 1 is 1.47 bits per heavy atom. The van der Waals surface area contributed by atoms with Crippen LogP contribution in [0.5, 0.6) is 0 Å². The van der Waals surface area contributed by atoms with E-state index in [9.17, 15) is 4.79 Å². The number of nitrogens with zero attached hydrogens (tertiary/aromatic N) is 1. The van der Waals surface area contributed by atoms with Crippen LogP contribution in [0.25, 0.3) is 0 Å². The van der Waals surface area contributed by atoms with Gasteiger partial charge in [-0.15, -0.1) is 0 Å². The molecule has 1 aliphatic carbocycles. The van der Waals surface area contributed by atoms with E-state index in [4.69, 9.17) is 0 Å². The van der Waals surface area contributed by atoms with Crippen molar-refractivity contribution in [2.75, 3.05) is 20.1 Å². The van der Waals surface area contributed by atoms with Crippen LogP contribution >= 0.6 is 0 Å². The Morgan fingerprint density at radius 2 is 2.20 bits per heavy atom. The molecule has 2 rings (SSSR count). The first-order chi connectivity index (χ1) is 7.17. The zero-order valence-corrected chi connectivity index (χ0v) is 9.88. The Kier molecular flexibility index (Phi) is 3.01. The maximum atomic E-state index is 12.2. The number of amides is 1. The Morgan fingerprint density at radius 3 is 2.73 bits per heavy atom. The van der Waals surface area contributed by atoms with Crippen molar-refractivity contribution >= 4 is 5.91 Å². The van der Waals surface area contributed by atoms with Gasteiger partial charge in [-0.1, -0.05) is 6.42 Å². The second-order valence-electron chi connectivity index (χ2n) is 5.25. The molecule has 1 atom stereocenters. The van der Waals surface area contributed by atoms with E-state index in [1.807, 2.05) is 7.05 Å². The maximum Gasteiger partial charge on any atom is 0.226 e. The number of hydrogen-bond donors (Lipinski definition) is 1. The first kappa shape index (κ1) is 10.9. The van der Waals surface area contributed by atoms with Crippen molar-refractivity contribution in [3.63, 3.8) is 0 Å². The van der Waals surface area contributed by atoms with E-state index in [0.29, 0.717) is 11.8 Å². The molecule has 0 aromatic heterocycles. The van der Waals surface area contributed by atoms with E-state index in [2.05, 4.69) is 17.1 Å². The fourth-order valence-corrected chi connectivity index (χ4v) is 2.84. The van der Waals surface area contributed by atoms with Crippen molar-refractivity contribution in [2.45, 2.75) is 44.6 Å². The molecule has 2 fully saturated rings. The molecule has 0 aromatic rings. The lowest BCUT2D eigenvalue weighted by Crippen LogP contribution is -2.53. The van der Waals surface area contributed by atoms with Gasteiger partial charge in [0.05, 0.1) is 5.54 Å². The molecule has 0 spiro atoms. The fraction of sp³-hybridized carbons (Fsp3) is 0.917. The summed E-state index contributed by atoms with van der Waals surface area (Å²) in [6.45, 7) is 4.10. The highest BCUT2D eigenvalue weighted by Gasteiger charge is 2.42. The van der Waals surface area contributed by atoms with Crippen LogP contribution in [0.1, 0.15) is 39.0 Å². The van der Waals surface area contributed by atoms with Gasteiger partial charge in [-0.2, -0.15) is 0 Å². The quantitative estimate of drug-likeness (QED) is 0.763. The van der Waals surface area contributed by atoms with E-state index >= 15 is 0 Å². The fourth-order valence-electron chi connectivity index (χ4n) is 2.84. The monoisotopic (exact) mass is 210 g/mol. The second kappa shape index (κ2) is 4.12. The second-order valence-corrected chi connectivity index (χ2v) is 5.25. The number of hydrogen-bond acceptors (Lipinski definition) is 2. The van der Waals surface area contributed by atoms with Crippen LogP contribution in [-0.4, -0.2) is 36.5 Å². The highest BCUT2D eigenvalue weighted by molar-refractivity contribution is 5.80. The Balaban J connectivity index is 2.02. The van der Waals surface area contributed by atoms with Gasteiger partial charge in [0.2, 0.25) is 5.91 Å². The van der Waals surface area contributed by atoms with E-state index in [-0.39, 0.29) is 5.54 Å². The number of carbonyl (C=O) groups excluding carboxylic acids is 1. The van der Waals surface area contributed by atoms with E-state index < -0.39 is 0 Å². The number of rotatable bonds is 3. The lowest BCUT2D eigenvalue weighted by Gasteiger charge is -2.39. The largest absolute Gasteiger partial charge is 0.336 e. The molecule has 1 heterocycles. The van der Waals surface area contributed by atoms with Crippen LogP contribution < -0.4 is 5.32 Å². The molecule has 86 valence electrons. The highest BCUT2D eigenvalue weighted by atomic mass is 16.2. The first-order valence-electron chi connectivity index (χ1n) is 6.13. The summed E-state index contributed by atoms with van der Waals surface area (Å²) in [4.78, 5) is 14.3. The average Bonchev–Trinajstić information content (AvgIpc) is 2.44. The Bertz CT molecular complexity index is 250. The average molecular weight is 210 g/mol. The molecule has 1 aliphatic heterocycles. The zero-order valence-electron chi connectivity index (χ0n) is 9.88. The van der Waals surface area contributed by atoms with Crippen molar-refractivity contribution in [1.82, 2.24) is 10.2 Å². The summed E-state index contributed by atoms with van der Waals surface area (Å²) >= 11 is 0. The third kappa shape index (κ3) is 1.89. The van der Waals surface area contributed by atoms with E-state index in [0.717, 1.165) is 38.8 Å². The normalized spacial score (nSPS) is 31.7. The lowest BCUT2D eigenvalue weighted by molar-refractivity contribution is -0.141. The third-order valence-corrected chi connectivity index (χ3v) is 4.03. The van der Waals surface area contributed by atoms with Gasteiger partial charge in [-0.3, -0.25) is 4.79 Å². The molecule has 1 amide bonds. The van der Waals surface area contributed by atoms with Crippen LogP contribution in [0.15, 0.2) is 0 Å². The van der Waals surface area contributed by atoms with Gasteiger partial charge >= 0.3 is 0 Å². The van der Waals surface area contributed by atoms with Gasteiger partial charge in [0.25, 0.3) is 0 Å². The van der Waals surface area contributed by atoms with Gasteiger partial charge in [-0.25, -0.2) is 0 Å². The van der Waals surface area contributed by atoms with Crippen molar-refractivity contribution in [2.24, 2.45) is 5.92 Å². The van der Waals surface area contributed by atoms with Crippen molar-refractivity contribution < 1.29 is 4.79 Å². The van der Waals surface area contributed by atoms with E-state index in [1.54, 1.807) is 0 Å². The maximum absolute atomic E-state index is 12.2.